The predicted octanol–water partition coefficient (Wildman–Crippen LogP) is 4.75. The minimum absolute atomic E-state index is 0.0293. The summed E-state index contributed by atoms with van der Waals surface area (Å²) >= 11 is 6.08. The van der Waals surface area contributed by atoms with Gasteiger partial charge >= 0.3 is 0 Å². The van der Waals surface area contributed by atoms with E-state index in [1.807, 2.05) is 18.5 Å². The number of carbonyl (C=O) groups is 2. The van der Waals surface area contributed by atoms with Gasteiger partial charge < -0.3 is 11.1 Å². The van der Waals surface area contributed by atoms with Crippen molar-refractivity contribution >= 4 is 40.0 Å². The number of hydrogen-bond donors (Lipinski definition) is 2. The first-order valence-corrected chi connectivity index (χ1v) is 11.2. The molecule has 0 saturated heterocycles. The van der Waals surface area contributed by atoms with E-state index in [9.17, 15) is 14.0 Å². The third kappa shape index (κ3) is 4.63. The molecule has 0 spiro atoms. The summed E-state index contributed by atoms with van der Waals surface area (Å²) in [6, 6.07) is 12.5. The Morgan fingerprint density at radius 3 is 2.47 bits per heavy atom. The van der Waals surface area contributed by atoms with Gasteiger partial charge in [0.25, 0.3) is 11.8 Å². The number of pyridine rings is 1. The molecule has 0 saturated carbocycles. The van der Waals surface area contributed by atoms with Crippen LogP contribution in [-0.4, -0.2) is 26.6 Å². The molecule has 2 heterocycles. The molecule has 2 aromatic heterocycles. The Balaban J connectivity index is 1.74. The Bertz CT molecular complexity index is 1400. The molecule has 3 N–H and O–H groups in total. The van der Waals surface area contributed by atoms with Gasteiger partial charge in [0.2, 0.25) is 0 Å². The Kier molecular flexibility index (Phi) is 6.61. The summed E-state index contributed by atoms with van der Waals surface area (Å²) in [4.78, 5) is 29.5. The topological polar surface area (TPSA) is 103 Å². The van der Waals surface area contributed by atoms with Crippen molar-refractivity contribution in [2.24, 2.45) is 5.73 Å². The molecule has 0 unspecified atom stereocenters. The van der Waals surface area contributed by atoms with Gasteiger partial charge in [-0.3, -0.25) is 14.3 Å². The van der Waals surface area contributed by atoms with Gasteiger partial charge in [0.1, 0.15) is 11.5 Å². The van der Waals surface area contributed by atoms with E-state index in [1.54, 1.807) is 30.3 Å². The zero-order valence-electron chi connectivity index (χ0n) is 18.7. The van der Waals surface area contributed by atoms with Crippen molar-refractivity contribution in [3.8, 4) is 0 Å². The molecule has 2 aromatic carbocycles. The first kappa shape index (κ1) is 23.4. The number of primary amides is 1. The molecule has 0 bridgehead atoms. The van der Waals surface area contributed by atoms with Gasteiger partial charge in [-0.25, -0.2) is 9.37 Å². The normalized spacial score (nSPS) is 11.1. The van der Waals surface area contributed by atoms with Crippen molar-refractivity contribution in [2.45, 2.75) is 33.2 Å². The van der Waals surface area contributed by atoms with Crippen molar-refractivity contribution in [1.29, 1.82) is 0 Å². The average Bonchev–Trinajstić information content (AvgIpc) is 3.15. The van der Waals surface area contributed by atoms with Crippen LogP contribution >= 0.6 is 11.6 Å². The summed E-state index contributed by atoms with van der Waals surface area (Å²) in [6.45, 7) is 4.37. The number of nitrogens with one attached hydrogen (secondary N) is 1. The van der Waals surface area contributed by atoms with Gasteiger partial charge in [-0.2, -0.15) is 5.10 Å². The summed E-state index contributed by atoms with van der Waals surface area (Å²) in [5.41, 5.74) is 9.14. The molecular weight excluding hydrogens is 457 g/mol. The number of hydrogen-bond acceptors (Lipinski definition) is 4. The van der Waals surface area contributed by atoms with E-state index in [4.69, 9.17) is 17.3 Å². The van der Waals surface area contributed by atoms with E-state index in [-0.39, 0.29) is 17.1 Å². The maximum Gasteiger partial charge on any atom is 0.267 e. The molecule has 34 heavy (non-hydrogen) atoms. The molecule has 0 aliphatic rings. The lowest BCUT2D eigenvalue weighted by Gasteiger charge is -2.12. The Morgan fingerprint density at radius 2 is 1.82 bits per heavy atom. The summed E-state index contributed by atoms with van der Waals surface area (Å²) in [7, 11) is 0. The molecule has 174 valence electrons. The molecule has 0 radical (unpaired) electrons. The van der Waals surface area contributed by atoms with Crippen LogP contribution in [0.25, 0.3) is 10.9 Å². The molecule has 2 amide bonds. The van der Waals surface area contributed by atoms with E-state index in [2.05, 4.69) is 15.4 Å². The first-order chi connectivity index (χ1) is 16.3. The quantitative estimate of drug-likeness (QED) is 0.399. The van der Waals surface area contributed by atoms with Gasteiger partial charge in [-0.05, 0) is 48.7 Å². The van der Waals surface area contributed by atoms with Crippen molar-refractivity contribution in [3.63, 3.8) is 0 Å². The van der Waals surface area contributed by atoms with Crippen molar-refractivity contribution in [3.05, 3.63) is 87.6 Å². The fraction of sp³-hybridized carbons (Fsp3) is 0.200. The van der Waals surface area contributed by atoms with E-state index < -0.39 is 11.8 Å². The SMILES string of the molecule is CCc1nn(Cc2ccc(F)cc2)c(CC)c1NC(=O)c1cc(C(N)=O)nc2cc(Cl)ccc12. The predicted molar refractivity (Wildman–Crippen MR) is 130 cm³/mol. The number of aryl methyl sites for hydroxylation is 1. The molecule has 0 aliphatic carbocycles. The standard InChI is InChI=1S/C25H23ClFN5O2/c1-3-19-23(22(4-2)32(31-19)13-14-5-8-16(27)9-6-14)30-25(34)18-12-21(24(28)33)29-20-11-15(26)7-10-17(18)20/h5-12H,3-4,13H2,1-2H3,(H2,28,33)(H,30,34). The van der Waals surface area contributed by atoms with Crippen LogP contribution in [0.4, 0.5) is 10.1 Å². The van der Waals surface area contributed by atoms with Gasteiger partial charge in [-0.15, -0.1) is 0 Å². The first-order valence-electron chi connectivity index (χ1n) is 10.8. The zero-order chi connectivity index (χ0) is 24.4. The van der Waals surface area contributed by atoms with Crippen LogP contribution in [0.3, 0.4) is 0 Å². The number of rotatable bonds is 7. The van der Waals surface area contributed by atoms with Crippen LogP contribution in [0.15, 0.2) is 48.5 Å². The lowest BCUT2D eigenvalue weighted by atomic mass is 10.1. The molecule has 0 atom stereocenters. The fourth-order valence-corrected chi connectivity index (χ4v) is 4.06. The Hall–Kier alpha value is -3.78. The minimum atomic E-state index is -0.744. The van der Waals surface area contributed by atoms with Crippen LogP contribution < -0.4 is 11.1 Å². The average molecular weight is 480 g/mol. The maximum absolute atomic E-state index is 13.4. The smallest absolute Gasteiger partial charge is 0.267 e. The lowest BCUT2D eigenvalue weighted by molar-refractivity contribution is 0.0996. The highest BCUT2D eigenvalue weighted by atomic mass is 35.5. The van der Waals surface area contributed by atoms with Gasteiger partial charge in [-0.1, -0.05) is 43.6 Å². The highest BCUT2D eigenvalue weighted by molar-refractivity contribution is 6.31. The van der Waals surface area contributed by atoms with E-state index in [1.165, 1.54) is 18.2 Å². The largest absolute Gasteiger partial charge is 0.364 e. The molecular formula is C25H23ClFN5O2. The fourth-order valence-electron chi connectivity index (χ4n) is 3.89. The Labute approximate surface area is 200 Å². The van der Waals surface area contributed by atoms with E-state index in [0.717, 1.165) is 17.0 Å². The number of aromatic nitrogens is 3. The second kappa shape index (κ2) is 9.61. The van der Waals surface area contributed by atoms with Crippen LogP contribution in [-0.2, 0) is 19.4 Å². The monoisotopic (exact) mass is 479 g/mol. The number of anilines is 1. The number of nitrogens with two attached hydrogens (primary N) is 1. The summed E-state index contributed by atoms with van der Waals surface area (Å²) < 4.78 is 15.1. The van der Waals surface area contributed by atoms with Gasteiger partial charge in [0.15, 0.2) is 0 Å². The van der Waals surface area contributed by atoms with E-state index >= 15 is 0 Å². The van der Waals surface area contributed by atoms with E-state index in [0.29, 0.717) is 41.0 Å². The van der Waals surface area contributed by atoms with Crippen molar-refractivity contribution in [1.82, 2.24) is 14.8 Å². The molecule has 4 aromatic rings. The van der Waals surface area contributed by atoms with Crippen LogP contribution in [0, 0.1) is 5.82 Å². The second-order valence-electron chi connectivity index (χ2n) is 7.79. The number of fused-ring (bicyclic) bond motifs is 1. The number of halogens is 2. The highest BCUT2D eigenvalue weighted by Gasteiger charge is 2.21. The maximum atomic E-state index is 13.4. The van der Waals surface area contributed by atoms with Crippen molar-refractivity contribution in [2.75, 3.05) is 5.32 Å². The Morgan fingerprint density at radius 1 is 1.09 bits per heavy atom. The number of carbonyl (C=O) groups excluding carboxylic acids is 2. The lowest BCUT2D eigenvalue weighted by Crippen LogP contribution is -2.18. The third-order valence-electron chi connectivity index (χ3n) is 5.55. The number of amides is 2. The molecule has 4 rings (SSSR count). The highest BCUT2D eigenvalue weighted by Crippen LogP contribution is 2.27. The van der Waals surface area contributed by atoms with Gasteiger partial charge in [0, 0.05) is 10.4 Å². The summed E-state index contributed by atoms with van der Waals surface area (Å²) in [6.07, 6.45) is 1.21. The number of nitrogens with zero attached hydrogens (tertiary/aromatic N) is 3. The molecule has 9 heteroatoms. The minimum Gasteiger partial charge on any atom is -0.364 e. The summed E-state index contributed by atoms with van der Waals surface area (Å²) in [5.74, 6) is -1.46. The number of benzene rings is 2. The van der Waals surface area contributed by atoms with Crippen LogP contribution in [0.5, 0.6) is 0 Å². The van der Waals surface area contributed by atoms with Crippen LogP contribution in [0.2, 0.25) is 5.02 Å². The third-order valence-corrected chi connectivity index (χ3v) is 5.79. The second-order valence-corrected chi connectivity index (χ2v) is 8.23. The van der Waals surface area contributed by atoms with Crippen LogP contribution in [0.1, 0.15) is 51.6 Å². The van der Waals surface area contributed by atoms with Crippen molar-refractivity contribution < 1.29 is 14.0 Å². The molecule has 7 nitrogen and oxygen atoms in total. The van der Waals surface area contributed by atoms with Gasteiger partial charge in [0.05, 0.1) is 34.7 Å². The molecule has 0 aliphatic heterocycles. The molecule has 0 fully saturated rings. The summed E-state index contributed by atoms with van der Waals surface area (Å²) in [5, 5.41) is 8.65. The zero-order valence-corrected chi connectivity index (χ0v) is 19.5.